The van der Waals surface area contributed by atoms with E-state index in [0.717, 1.165) is 0 Å². The Morgan fingerprint density at radius 2 is 2.12 bits per heavy atom. The second-order valence-electron chi connectivity index (χ2n) is 6.10. The lowest BCUT2D eigenvalue weighted by Crippen LogP contribution is -2.49. The molecule has 0 aliphatic carbocycles. The topological polar surface area (TPSA) is 108 Å². The fraction of sp³-hybridized carbons (Fsp3) is 0.389. The number of halogens is 1. The first kappa shape index (κ1) is 19.4. The molecule has 140 valence electrons. The number of carbonyl (C=O) groups excluding carboxylic acids is 2. The molecule has 4 N–H and O–H groups in total. The third kappa shape index (κ3) is 6.54. The summed E-state index contributed by atoms with van der Waals surface area (Å²) in [6, 6.07) is 4.49. The molecular formula is C18H22FN3O4. The van der Waals surface area contributed by atoms with Crippen molar-refractivity contribution in [3.8, 4) is 0 Å². The maximum atomic E-state index is 13.4. The van der Waals surface area contributed by atoms with Gasteiger partial charge >= 0.3 is 6.09 Å². The lowest BCUT2D eigenvalue weighted by atomic mass is 10.0. The van der Waals surface area contributed by atoms with Crippen LogP contribution in [0.5, 0.6) is 0 Å². The van der Waals surface area contributed by atoms with Gasteiger partial charge in [0.1, 0.15) is 11.9 Å². The number of hydrogen-bond acceptors (Lipinski definition) is 3. The molecule has 0 spiro atoms. The summed E-state index contributed by atoms with van der Waals surface area (Å²) in [5.41, 5.74) is 0.648. The van der Waals surface area contributed by atoms with Crippen LogP contribution in [0, 0.1) is 5.82 Å². The smallest absolute Gasteiger partial charge is 0.405 e. The van der Waals surface area contributed by atoms with Gasteiger partial charge in [-0.3, -0.25) is 9.59 Å². The van der Waals surface area contributed by atoms with E-state index in [1.807, 2.05) is 0 Å². The maximum Gasteiger partial charge on any atom is 0.405 e. The van der Waals surface area contributed by atoms with Crippen LogP contribution in [0.2, 0.25) is 0 Å². The second kappa shape index (κ2) is 9.55. The first-order valence-electron chi connectivity index (χ1n) is 8.44. The summed E-state index contributed by atoms with van der Waals surface area (Å²) in [6.07, 6.45) is 3.39. The highest BCUT2D eigenvalue weighted by atomic mass is 19.1. The average Bonchev–Trinajstić information content (AvgIpc) is 2.57. The summed E-state index contributed by atoms with van der Waals surface area (Å²) in [5, 5.41) is 16.6. The first-order chi connectivity index (χ1) is 12.4. The van der Waals surface area contributed by atoms with Crippen molar-refractivity contribution < 1.29 is 23.9 Å². The summed E-state index contributed by atoms with van der Waals surface area (Å²) < 4.78 is 13.4. The Labute approximate surface area is 150 Å². The van der Waals surface area contributed by atoms with E-state index in [4.69, 9.17) is 5.11 Å². The predicted octanol–water partition coefficient (Wildman–Crippen LogP) is 1.35. The third-order valence-corrected chi connectivity index (χ3v) is 3.99. The first-order valence-corrected chi connectivity index (χ1v) is 8.44. The van der Waals surface area contributed by atoms with Gasteiger partial charge < -0.3 is 21.1 Å². The zero-order valence-corrected chi connectivity index (χ0v) is 14.2. The van der Waals surface area contributed by atoms with Gasteiger partial charge in [0.15, 0.2) is 0 Å². The summed E-state index contributed by atoms with van der Waals surface area (Å²) in [5.74, 6) is -1.14. The van der Waals surface area contributed by atoms with Crippen molar-refractivity contribution in [2.45, 2.75) is 37.8 Å². The Hall–Kier alpha value is -2.90. The highest BCUT2D eigenvalue weighted by molar-refractivity contribution is 5.88. The van der Waals surface area contributed by atoms with Crippen LogP contribution in [0.4, 0.5) is 9.18 Å². The average molecular weight is 363 g/mol. The molecule has 0 saturated carbocycles. The van der Waals surface area contributed by atoms with Crippen LogP contribution in [0.3, 0.4) is 0 Å². The van der Waals surface area contributed by atoms with E-state index in [0.29, 0.717) is 31.4 Å². The lowest BCUT2D eigenvalue weighted by Gasteiger charge is -2.21. The van der Waals surface area contributed by atoms with Crippen LogP contribution in [-0.2, 0) is 16.0 Å². The minimum atomic E-state index is -1.28. The molecular weight excluding hydrogens is 341 g/mol. The van der Waals surface area contributed by atoms with E-state index in [9.17, 15) is 18.8 Å². The van der Waals surface area contributed by atoms with Crippen molar-refractivity contribution >= 4 is 17.9 Å². The van der Waals surface area contributed by atoms with E-state index in [1.54, 1.807) is 12.1 Å². The third-order valence-electron chi connectivity index (χ3n) is 3.99. The van der Waals surface area contributed by atoms with E-state index in [-0.39, 0.29) is 12.3 Å². The van der Waals surface area contributed by atoms with E-state index in [1.165, 1.54) is 24.3 Å². The molecule has 0 unspecified atom stereocenters. The minimum absolute atomic E-state index is 0.271. The minimum Gasteiger partial charge on any atom is -0.465 e. The van der Waals surface area contributed by atoms with Gasteiger partial charge in [0.25, 0.3) is 0 Å². The standard InChI is InChI=1S/C18H22FN3O4/c19-13-5-3-4-12(10-13)11-14-7-8-16(23)20-9-2-1-6-15(17(24)21-14)22-18(25)26/h3-5,7-8,10,14-15,22H,1-2,6,9,11H2,(H,20,23)(H,21,24)(H,25,26)/b8-7+/t14-,15+/m1/s1. The van der Waals surface area contributed by atoms with Crippen molar-refractivity contribution in [2.24, 2.45) is 0 Å². The van der Waals surface area contributed by atoms with E-state index >= 15 is 0 Å². The van der Waals surface area contributed by atoms with Gasteiger partial charge in [0.05, 0.1) is 6.04 Å². The highest BCUT2D eigenvalue weighted by Gasteiger charge is 2.22. The fourth-order valence-corrected chi connectivity index (χ4v) is 2.73. The maximum absolute atomic E-state index is 13.4. The van der Waals surface area contributed by atoms with Gasteiger partial charge in [0, 0.05) is 12.6 Å². The zero-order valence-electron chi connectivity index (χ0n) is 14.2. The molecule has 1 aliphatic heterocycles. The monoisotopic (exact) mass is 363 g/mol. The quantitative estimate of drug-likeness (QED) is 0.650. The summed E-state index contributed by atoms with van der Waals surface area (Å²) in [7, 11) is 0. The lowest BCUT2D eigenvalue weighted by molar-refractivity contribution is -0.123. The van der Waals surface area contributed by atoms with Crippen molar-refractivity contribution in [3.05, 3.63) is 47.8 Å². The van der Waals surface area contributed by atoms with Gasteiger partial charge in [-0.2, -0.15) is 0 Å². The highest BCUT2D eigenvalue weighted by Crippen LogP contribution is 2.09. The molecule has 0 aromatic heterocycles. The Bertz CT molecular complexity index is 693. The Morgan fingerprint density at radius 1 is 1.31 bits per heavy atom. The number of rotatable bonds is 3. The Balaban J connectivity index is 2.18. The molecule has 26 heavy (non-hydrogen) atoms. The number of hydrogen-bond donors (Lipinski definition) is 4. The summed E-state index contributed by atoms with van der Waals surface area (Å²) >= 11 is 0. The predicted molar refractivity (Wildman–Crippen MR) is 93.0 cm³/mol. The molecule has 2 atom stereocenters. The Kier molecular flexibility index (Phi) is 7.13. The molecule has 0 radical (unpaired) electrons. The zero-order chi connectivity index (χ0) is 18.9. The molecule has 8 heteroatoms. The van der Waals surface area contributed by atoms with Gasteiger partial charge in [-0.05, 0) is 43.4 Å². The van der Waals surface area contributed by atoms with Crippen LogP contribution in [0.25, 0.3) is 0 Å². The van der Waals surface area contributed by atoms with Crippen molar-refractivity contribution in [3.63, 3.8) is 0 Å². The molecule has 2 rings (SSSR count). The van der Waals surface area contributed by atoms with Crippen LogP contribution >= 0.6 is 0 Å². The molecule has 0 bridgehead atoms. The largest absolute Gasteiger partial charge is 0.465 e. The van der Waals surface area contributed by atoms with Gasteiger partial charge in [-0.25, -0.2) is 9.18 Å². The molecule has 3 amide bonds. The molecule has 0 saturated heterocycles. The van der Waals surface area contributed by atoms with E-state index < -0.39 is 29.9 Å². The molecule has 1 aromatic carbocycles. The van der Waals surface area contributed by atoms with Crippen molar-refractivity contribution in [1.82, 2.24) is 16.0 Å². The number of amides is 3. The SMILES string of the molecule is O=C(O)N[C@H]1CCCCNC(=O)/C=C/[C@H](Cc2cccc(F)c2)NC1=O. The van der Waals surface area contributed by atoms with Crippen LogP contribution in [0.15, 0.2) is 36.4 Å². The number of benzene rings is 1. The Morgan fingerprint density at radius 3 is 2.85 bits per heavy atom. The van der Waals surface area contributed by atoms with Crippen LogP contribution in [0.1, 0.15) is 24.8 Å². The van der Waals surface area contributed by atoms with Gasteiger partial charge in [-0.15, -0.1) is 0 Å². The van der Waals surface area contributed by atoms with E-state index in [2.05, 4.69) is 16.0 Å². The van der Waals surface area contributed by atoms with Gasteiger partial charge in [-0.1, -0.05) is 18.2 Å². The van der Waals surface area contributed by atoms with Gasteiger partial charge in [0.2, 0.25) is 11.8 Å². The fourth-order valence-electron chi connectivity index (χ4n) is 2.73. The number of carboxylic acid groups (broad SMARTS) is 1. The van der Waals surface area contributed by atoms with Crippen LogP contribution < -0.4 is 16.0 Å². The van der Waals surface area contributed by atoms with Crippen LogP contribution in [-0.4, -0.2) is 41.6 Å². The molecule has 1 heterocycles. The number of nitrogens with one attached hydrogen (secondary N) is 3. The second-order valence-corrected chi connectivity index (χ2v) is 6.10. The summed E-state index contributed by atoms with van der Waals surface area (Å²) in [6.45, 7) is 0.444. The molecule has 1 aromatic rings. The number of carbonyl (C=O) groups is 3. The molecule has 1 aliphatic rings. The summed E-state index contributed by atoms with van der Waals surface area (Å²) in [4.78, 5) is 35.2. The normalized spacial score (nSPS) is 23.0. The molecule has 7 nitrogen and oxygen atoms in total. The van der Waals surface area contributed by atoms with Crippen molar-refractivity contribution in [2.75, 3.05) is 6.54 Å². The molecule has 0 fully saturated rings. The van der Waals surface area contributed by atoms with Crippen molar-refractivity contribution in [1.29, 1.82) is 0 Å².